The Hall–Kier alpha value is -3.58. The first kappa shape index (κ1) is 19.4. The molecule has 0 unspecified atom stereocenters. The highest BCUT2D eigenvalue weighted by atomic mass is 32.1. The van der Waals surface area contributed by atoms with Gasteiger partial charge in [0.25, 0.3) is 0 Å². The molecule has 5 rings (SSSR count). The van der Waals surface area contributed by atoms with Crippen molar-refractivity contribution in [3.8, 4) is 0 Å². The average Bonchev–Trinajstić information content (AvgIpc) is 3.40. The lowest BCUT2D eigenvalue weighted by Crippen LogP contribution is -2.30. The van der Waals surface area contributed by atoms with Gasteiger partial charge in [-0.05, 0) is 59.7 Å². The van der Waals surface area contributed by atoms with Crippen molar-refractivity contribution in [2.24, 2.45) is 0 Å². The molecule has 1 saturated heterocycles. The Morgan fingerprint density at radius 2 is 1.61 bits per heavy atom. The minimum absolute atomic E-state index is 0.00530. The number of thiocarbonyl (C=S) groups is 1. The van der Waals surface area contributed by atoms with Crippen LogP contribution in [-0.4, -0.2) is 29.5 Å². The van der Waals surface area contributed by atoms with Crippen molar-refractivity contribution in [3.05, 3.63) is 114 Å². The van der Waals surface area contributed by atoms with Gasteiger partial charge in [0.2, 0.25) is 0 Å². The number of pyridine rings is 3. The Morgan fingerprint density at radius 3 is 2.29 bits per heavy atom. The summed E-state index contributed by atoms with van der Waals surface area (Å²) >= 11 is 5.79. The van der Waals surface area contributed by atoms with Crippen molar-refractivity contribution in [1.82, 2.24) is 29.7 Å². The normalized spacial score (nSPS) is 18.2. The Labute approximate surface area is 186 Å². The van der Waals surface area contributed by atoms with E-state index < -0.39 is 0 Å². The molecule has 0 amide bonds. The number of rotatable bonds is 6. The zero-order valence-corrected chi connectivity index (χ0v) is 17.7. The van der Waals surface area contributed by atoms with Crippen LogP contribution in [0.15, 0.2) is 91.8 Å². The maximum Gasteiger partial charge on any atom is 0.170 e. The Balaban J connectivity index is 1.54. The second kappa shape index (κ2) is 8.65. The minimum atomic E-state index is -0.0482. The van der Waals surface area contributed by atoms with E-state index in [1.807, 2.05) is 42.9 Å². The molecule has 4 aromatic rings. The van der Waals surface area contributed by atoms with E-state index in [1.54, 1.807) is 12.4 Å². The second-order valence-electron chi connectivity index (χ2n) is 7.54. The third kappa shape index (κ3) is 4.04. The molecular formula is C24H22N6S. The van der Waals surface area contributed by atoms with Crippen LogP contribution >= 0.6 is 12.2 Å². The van der Waals surface area contributed by atoms with Crippen LogP contribution < -0.4 is 5.32 Å². The van der Waals surface area contributed by atoms with Gasteiger partial charge in [-0.15, -0.1) is 0 Å². The zero-order valence-electron chi connectivity index (χ0n) is 16.9. The third-order valence-corrected chi connectivity index (χ3v) is 5.87. The smallest absolute Gasteiger partial charge is 0.170 e. The summed E-state index contributed by atoms with van der Waals surface area (Å²) in [5.74, 6) is 0. The van der Waals surface area contributed by atoms with Gasteiger partial charge in [0.15, 0.2) is 5.11 Å². The summed E-state index contributed by atoms with van der Waals surface area (Å²) in [5.41, 5.74) is 4.42. The van der Waals surface area contributed by atoms with Crippen molar-refractivity contribution in [3.63, 3.8) is 0 Å². The van der Waals surface area contributed by atoms with Crippen LogP contribution in [0.5, 0.6) is 0 Å². The quantitative estimate of drug-likeness (QED) is 0.472. The average molecular weight is 427 g/mol. The monoisotopic (exact) mass is 426 g/mol. The summed E-state index contributed by atoms with van der Waals surface area (Å²) in [5, 5.41) is 4.24. The highest BCUT2D eigenvalue weighted by molar-refractivity contribution is 7.80. The second-order valence-corrected chi connectivity index (χ2v) is 7.92. The van der Waals surface area contributed by atoms with Crippen molar-refractivity contribution >= 4 is 17.3 Å². The lowest BCUT2D eigenvalue weighted by atomic mass is 10.0. The molecule has 7 heteroatoms. The van der Waals surface area contributed by atoms with Crippen molar-refractivity contribution in [1.29, 1.82) is 0 Å². The van der Waals surface area contributed by atoms with Crippen LogP contribution in [0.4, 0.5) is 0 Å². The predicted molar refractivity (Wildman–Crippen MR) is 123 cm³/mol. The molecule has 0 aromatic carbocycles. The Morgan fingerprint density at radius 1 is 0.839 bits per heavy atom. The number of nitrogens with zero attached hydrogens (tertiary/aromatic N) is 5. The molecule has 0 bridgehead atoms. The molecule has 154 valence electrons. The molecule has 0 aliphatic carbocycles. The number of hydrogen-bond donors (Lipinski definition) is 1. The number of aromatic nitrogens is 4. The van der Waals surface area contributed by atoms with E-state index in [-0.39, 0.29) is 12.1 Å². The van der Waals surface area contributed by atoms with Crippen LogP contribution in [0, 0.1) is 0 Å². The minimum Gasteiger partial charge on any atom is -0.352 e. The predicted octanol–water partition coefficient (Wildman–Crippen LogP) is 3.89. The van der Waals surface area contributed by atoms with E-state index >= 15 is 0 Å². The molecule has 2 atom stereocenters. The van der Waals surface area contributed by atoms with Gasteiger partial charge >= 0.3 is 0 Å². The van der Waals surface area contributed by atoms with Crippen LogP contribution in [0.1, 0.15) is 34.6 Å². The fourth-order valence-electron chi connectivity index (χ4n) is 4.11. The van der Waals surface area contributed by atoms with Gasteiger partial charge in [0, 0.05) is 56.0 Å². The van der Waals surface area contributed by atoms with Crippen molar-refractivity contribution < 1.29 is 0 Å². The lowest BCUT2D eigenvalue weighted by Gasteiger charge is -2.29. The van der Waals surface area contributed by atoms with Crippen LogP contribution in [-0.2, 0) is 13.1 Å². The standard InChI is InChI=1S/C24H22N6S/c31-24-28-22(20-8-1-2-12-27-20)23(30(24)17-19-7-4-11-26-15-19)21-9-5-13-29(21)16-18-6-3-10-25-14-18/h1-15,22-23H,16-17H2,(H,28,31)/t22-,23-/m0/s1. The summed E-state index contributed by atoms with van der Waals surface area (Å²) in [4.78, 5) is 15.4. The number of nitrogens with one attached hydrogen (secondary N) is 1. The van der Waals surface area contributed by atoms with E-state index in [9.17, 15) is 0 Å². The molecular weight excluding hydrogens is 404 g/mol. The molecule has 0 radical (unpaired) electrons. The van der Waals surface area contributed by atoms with Gasteiger partial charge in [-0.1, -0.05) is 18.2 Å². The molecule has 4 aromatic heterocycles. The molecule has 1 fully saturated rings. The van der Waals surface area contributed by atoms with Gasteiger partial charge in [-0.25, -0.2) is 0 Å². The van der Waals surface area contributed by atoms with E-state index in [2.05, 4.69) is 66.3 Å². The summed E-state index contributed by atoms with van der Waals surface area (Å²) < 4.78 is 2.27. The zero-order chi connectivity index (χ0) is 21.0. The van der Waals surface area contributed by atoms with E-state index in [1.165, 1.54) is 5.69 Å². The summed E-state index contributed by atoms with van der Waals surface area (Å²) in [7, 11) is 0. The van der Waals surface area contributed by atoms with E-state index in [0.717, 1.165) is 28.5 Å². The van der Waals surface area contributed by atoms with E-state index in [0.29, 0.717) is 6.54 Å². The van der Waals surface area contributed by atoms with Gasteiger partial charge in [0.05, 0.1) is 17.8 Å². The topological polar surface area (TPSA) is 58.9 Å². The fraction of sp³-hybridized carbons (Fsp3) is 0.167. The van der Waals surface area contributed by atoms with Crippen LogP contribution in [0.2, 0.25) is 0 Å². The van der Waals surface area contributed by atoms with Crippen molar-refractivity contribution in [2.75, 3.05) is 0 Å². The van der Waals surface area contributed by atoms with Gasteiger partial charge < -0.3 is 14.8 Å². The highest BCUT2D eigenvalue weighted by Gasteiger charge is 2.41. The summed E-state index contributed by atoms with van der Waals surface area (Å²) in [6.07, 6.45) is 11.3. The molecule has 6 nitrogen and oxygen atoms in total. The molecule has 1 aliphatic rings. The Kier molecular flexibility index (Phi) is 5.41. The van der Waals surface area contributed by atoms with Crippen molar-refractivity contribution in [2.45, 2.75) is 25.2 Å². The first-order valence-electron chi connectivity index (χ1n) is 10.2. The summed E-state index contributed by atoms with van der Waals surface area (Å²) in [6, 6.07) is 18.3. The van der Waals surface area contributed by atoms with Crippen LogP contribution in [0.25, 0.3) is 0 Å². The Bertz CT molecular complexity index is 1150. The SMILES string of the molecule is S=C1N[C@@H](c2ccccn2)[C@H](c2cccn2Cc2cccnc2)N1Cc1cccnc1. The lowest BCUT2D eigenvalue weighted by molar-refractivity contribution is 0.298. The molecule has 0 spiro atoms. The molecule has 5 heterocycles. The maximum absolute atomic E-state index is 5.79. The maximum atomic E-state index is 5.79. The molecule has 1 N–H and O–H groups in total. The van der Waals surface area contributed by atoms with Crippen LogP contribution in [0.3, 0.4) is 0 Å². The van der Waals surface area contributed by atoms with Gasteiger partial charge in [-0.2, -0.15) is 0 Å². The molecule has 1 aliphatic heterocycles. The van der Waals surface area contributed by atoms with Gasteiger partial charge in [0.1, 0.15) is 0 Å². The largest absolute Gasteiger partial charge is 0.352 e. The molecule has 0 saturated carbocycles. The third-order valence-electron chi connectivity index (χ3n) is 5.52. The summed E-state index contributed by atoms with van der Waals surface area (Å²) in [6.45, 7) is 1.42. The fourth-order valence-corrected chi connectivity index (χ4v) is 4.42. The highest BCUT2D eigenvalue weighted by Crippen LogP contribution is 2.39. The first-order valence-corrected chi connectivity index (χ1v) is 10.6. The van der Waals surface area contributed by atoms with Gasteiger partial charge in [-0.3, -0.25) is 15.0 Å². The number of hydrogen-bond acceptors (Lipinski definition) is 4. The molecule has 31 heavy (non-hydrogen) atoms. The van der Waals surface area contributed by atoms with E-state index in [4.69, 9.17) is 12.2 Å². The first-order chi connectivity index (χ1) is 15.3.